The lowest BCUT2D eigenvalue weighted by Crippen LogP contribution is -2.52. The van der Waals surface area contributed by atoms with Gasteiger partial charge in [0, 0.05) is 66.9 Å². The molecular formula is C32H40ClN9O2S. The summed E-state index contributed by atoms with van der Waals surface area (Å²) in [4.78, 5) is 31.5. The number of nitrogen functional groups attached to an aromatic ring is 2. The smallest absolute Gasteiger partial charge is 0.254 e. The first-order chi connectivity index (χ1) is 21.8. The second-order valence-electron chi connectivity index (χ2n) is 12.7. The minimum absolute atomic E-state index is 0.0418. The Hall–Kier alpha value is -3.16. The summed E-state index contributed by atoms with van der Waals surface area (Å²) in [5.74, 6) is 1.57. The molecule has 45 heavy (non-hydrogen) atoms. The summed E-state index contributed by atoms with van der Waals surface area (Å²) in [6, 6.07) is 8.64. The van der Waals surface area contributed by atoms with Gasteiger partial charge in [0.15, 0.2) is 5.82 Å². The maximum atomic E-state index is 13.1. The minimum Gasteiger partial charge on any atom is -0.382 e. The van der Waals surface area contributed by atoms with Crippen LogP contribution in [0.25, 0.3) is 0 Å². The van der Waals surface area contributed by atoms with Crippen LogP contribution in [0, 0.1) is 5.41 Å². The molecule has 3 atom stereocenters. The average Bonchev–Trinajstić information content (AvgIpc) is 3.55. The number of nitrogens with zero attached hydrogens (tertiary/aromatic N) is 5. The molecule has 4 aliphatic heterocycles. The van der Waals surface area contributed by atoms with E-state index in [0.717, 1.165) is 86.9 Å². The predicted molar refractivity (Wildman–Crippen MR) is 176 cm³/mol. The van der Waals surface area contributed by atoms with Gasteiger partial charge in [-0.2, -0.15) is 0 Å². The predicted octanol–water partition coefficient (Wildman–Crippen LogP) is 3.71. The number of hydrogen-bond acceptors (Lipinski definition) is 11. The van der Waals surface area contributed by atoms with Crippen LogP contribution in [-0.2, 0) is 17.8 Å². The van der Waals surface area contributed by atoms with Crippen molar-refractivity contribution in [3.05, 3.63) is 58.4 Å². The molecule has 0 bridgehead atoms. The fraction of sp³-hybridized carbons (Fsp3) is 0.500. The summed E-state index contributed by atoms with van der Waals surface area (Å²) < 4.78 is 6.25. The Bertz CT molecular complexity index is 1580. The largest absolute Gasteiger partial charge is 0.382 e. The molecule has 3 fully saturated rings. The molecule has 6 N–H and O–H groups in total. The van der Waals surface area contributed by atoms with E-state index < -0.39 is 0 Å². The normalized spacial score (nSPS) is 24.4. The number of nitrogens with two attached hydrogens (primary N) is 2. The lowest BCUT2D eigenvalue weighted by molar-refractivity contribution is 0.0674. The number of ether oxygens (including phenoxy) is 1. The van der Waals surface area contributed by atoms with Gasteiger partial charge in [-0.1, -0.05) is 35.5 Å². The van der Waals surface area contributed by atoms with Gasteiger partial charge in [-0.15, -0.1) is 0 Å². The van der Waals surface area contributed by atoms with Crippen molar-refractivity contribution in [1.82, 2.24) is 30.5 Å². The molecule has 11 nitrogen and oxygen atoms in total. The Kier molecular flexibility index (Phi) is 8.51. The standard InChI is InChI=1S/C32H40ClN9O2S/c1-19-27(38-14-20-4-5-23-21(13-20)17-42(31(23)43)22-3-2-9-36-15-22)32(18-44-19)7-11-41(12-8-32)25-16-39-30(29(35)40-25)45-24-6-10-37-28(34)26(24)33/h4-6,10,13,16,19,22,27,36,38H,2-3,7-9,11-12,14-15,17-18H2,1H3,(H2,34,37)(H2,35,40)/t19-,22?,27+/m0/s1. The molecule has 0 saturated carbocycles. The van der Waals surface area contributed by atoms with Crippen molar-refractivity contribution >= 4 is 46.7 Å². The third-order valence-corrected chi connectivity index (χ3v) is 11.5. The highest BCUT2D eigenvalue weighted by Crippen LogP contribution is 2.43. The maximum Gasteiger partial charge on any atom is 0.254 e. The fourth-order valence-electron chi connectivity index (χ4n) is 7.37. The average molecular weight is 650 g/mol. The van der Waals surface area contributed by atoms with Gasteiger partial charge in [0.1, 0.15) is 16.7 Å². The number of nitrogens with one attached hydrogen (secondary N) is 2. The Labute approximate surface area is 272 Å². The van der Waals surface area contributed by atoms with Crippen LogP contribution in [0.4, 0.5) is 17.5 Å². The van der Waals surface area contributed by atoms with Crippen LogP contribution in [0.15, 0.2) is 46.6 Å². The molecule has 1 aromatic carbocycles. The van der Waals surface area contributed by atoms with Crippen molar-refractivity contribution in [3.8, 4) is 0 Å². The molecule has 3 aromatic rings. The van der Waals surface area contributed by atoms with Crippen molar-refractivity contribution in [2.45, 2.75) is 73.8 Å². The van der Waals surface area contributed by atoms with E-state index in [9.17, 15) is 4.79 Å². The number of piperidine rings is 2. The minimum atomic E-state index is 0.0418. The van der Waals surface area contributed by atoms with Gasteiger partial charge < -0.3 is 36.6 Å². The Morgan fingerprint density at radius 1 is 1.20 bits per heavy atom. The van der Waals surface area contributed by atoms with Crippen LogP contribution in [0.5, 0.6) is 0 Å². The van der Waals surface area contributed by atoms with E-state index in [0.29, 0.717) is 22.4 Å². The van der Waals surface area contributed by atoms with Gasteiger partial charge in [0.25, 0.3) is 5.91 Å². The number of pyridine rings is 1. The number of amides is 1. The van der Waals surface area contributed by atoms with Crippen molar-refractivity contribution in [3.63, 3.8) is 0 Å². The van der Waals surface area contributed by atoms with Gasteiger partial charge in [-0.25, -0.2) is 15.0 Å². The summed E-state index contributed by atoms with van der Waals surface area (Å²) in [6.45, 7) is 7.96. The highest BCUT2D eigenvalue weighted by Gasteiger charge is 2.49. The number of rotatable bonds is 7. The van der Waals surface area contributed by atoms with Gasteiger partial charge in [0.05, 0.1) is 23.9 Å². The number of halogens is 1. The summed E-state index contributed by atoms with van der Waals surface area (Å²) in [5.41, 5.74) is 15.4. The van der Waals surface area contributed by atoms with Crippen LogP contribution in [-0.4, -0.2) is 76.7 Å². The quantitative estimate of drug-likeness (QED) is 0.297. The molecule has 13 heteroatoms. The van der Waals surface area contributed by atoms with E-state index in [1.54, 1.807) is 18.5 Å². The summed E-state index contributed by atoms with van der Waals surface area (Å²) in [5, 5.41) is 8.27. The monoisotopic (exact) mass is 649 g/mol. The number of fused-ring (bicyclic) bond motifs is 1. The molecule has 3 saturated heterocycles. The maximum absolute atomic E-state index is 13.1. The SMILES string of the molecule is C[C@@H]1OCC2(CCN(c3cnc(Sc4ccnc(N)c4Cl)c(N)n3)CC2)[C@@H]1NCc1ccc2c(c1)CN(C1CCCNC1)C2=O. The molecule has 0 aliphatic carbocycles. The molecule has 0 radical (unpaired) electrons. The third kappa shape index (κ3) is 5.94. The van der Waals surface area contributed by atoms with E-state index in [4.69, 9.17) is 32.8 Å². The first-order valence-corrected chi connectivity index (χ1v) is 16.9. The van der Waals surface area contributed by atoms with Crippen LogP contribution in [0.2, 0.25) is 5.02 Å². The zero-order chi connectivity index (χ0) is 31.1. The van der Waals surface area contributed by atoms with E-state index in [1.165, 1.54) is 17.3 Å². The molecule has 1 spiro atoms. The van der Waals surface area contributed by atoms with Crippen LogP contribution in [0.3, 0.4) is 0 Å². The molecule has 238 valence electrons. The highest BCUT2D eigenvalue weighted by molar-refractivity contribution is 7.99. The van der Waals surface area contributed by atoms with Crippen molar-refractivity contribution in [2.75, 3.05) is 49.2 Å². The molecule has 7 rings (SSSR count). The van der Waals surface area contributed by atoms with Gasteiger partial charge in [0.2, 0.25) is 0 Å². The lowest BCUT2D eigenvalue weighted by atomic mass is 9.73. The molecule has 1 unspecified atom stereocenters. The number of aromatic nitrogens is 3. The molecule has 1 amide bonds. The Morgan fingerprint density at radius 3 is 2.82 bits per heavy atom. The number of hydrogen-bond donors (Lipinski definition) is 4. The zero-order valence-electron chi connectivity index (χ0n) is 25.5. The van der Waals surface area contributed by atoms with Crippen LogP contribution < -0.4 is 27.0 Å². The van der Waals surface area contributed by atoms with E-state index >= 15 is 0 Å². The van der Waals surface area contributed by atoms with E-state index in [-0.39, 0.29) is 35.3 Å². The first-order valence-electron chi connectivity index (χ1n) is 15.7. The molecule has 2 aromatic heterocycles. The van der Waals surface area contributed by atoms with Crippen LogP contribution >= 0.6 is 23.4 Å². The van der Waals surface area contributed by atoms with Crippen molar-refractivity contribution < 1.29 is 9.53 Å². The second-order valence-corrected chi connectivity index (χ2v) is 14.1. The molecule has 6 heterocycles. The number of anilines is 3. The van der Waals surface area contributed by atoms with Gasteiger partial charge in [-0.05, 0) is 62.4 Å². The lowest BCUT2D eigenvalue weighted by Gasteiger charge is -2.43. The Balaban J connectivity index is 0.975. The van der Waals surface area contributed by atoms with Crippen molar-refractivity contribution in [1.29, 1.82) is 0 Å². The van der Waals surface area contributed by atoms with E-state index in [1.807, 2.05) is 6.07 Å². The number of benzene rings is 1. The second kappa shape index (κ2) is 12.6. The third-order valence-electron chi connectivity index (χ3n) is 9.92. The summed E-state index contributed by atoms with van der Waals surface area (Å²) in [6.07, 6.45) is 7.64. The number of carbonyl (C=O) groups excluding carboxylic acids is 1. The topological polar surface area (TPSA) is 148 Å². The number of carbonyl (C=O) groups is 1. The summed E-state index contributed by atoms with van der Waals surface area (Å²) >= 11 is 7.64. The van der Waals surface area contributed by atoms with Crippen molar-refractivity contribution in [2.24, 2.45) is 5.41 Å². The molecule has 4 aliphatic rings. The first kappa shape index (κ1) is 30.5. The van der Waals surface area contributed by atoms with Crippen LogP contribution in [0.1, 0.15) is 54.1 Å². The fourth-order valence-corrected chi connectivity index (χ4v) is 8.38. The molecular weight excluding hydrogens is 610 g/mol. The Morgan fingerprint density at radius 2 is 2.04 bits per heavy atom. The van der Waals surface area contributed by atoms with Gasteiger partial charge in [-0.3, -0.25) is 4.79 Å². The summed E-state index contributed by atoms with van der Waals surface area (Å²) in [7, 11) is 0. The highest BCUT2D eigenvalue weighted by atomic mass is 35.5. The zero-order valence-corrected chi connectivity index (χ0v) is 27.0. The van der Waals surface area contributed by atoms with E-state index in [2.05, 4.69) is 49.5 Å². The van der Waals surface area contributed by atoms with Gasteiger partial charge >= 0.3 is 0 Å².